The van der Waals surface area contributed by atoms with Gasteiger partial charge in [0.2, 0.25) is 11.8 Å². The van der Waals surface area contributed by atoms with Crippen LogP contribution in [0.15, 0.2) is 0 Å². The average Bonchev–Trinajstić information content (AvgIpc) is 2.48. The molecule has 0 aromatic rings. The lowest BCUT2D eigenvalue weighted by molar-refractivity contribution is -0.152. The maximum atomic E-state index is 12.8. The number of carbonyl (C=O) groups is 2. The highest BCUT2D eigenvalue weighted by atomic mass is 16.5. The lowest BCUT2D eigenvalue weighted by Gasteiger charge is -2.42. The number of nitrogens with one attached hydrogen (secondary N) is 1. The van der Waals surface area contributed by atoms with Crippen LogP contribution in [0, 0.1) is 5.92 Å². The molecule has 0 bridgehead atoms. The van der Waals surface area contributed by atoms with Crippen molar-refractivity contribution in [3.05, 3.63) is 0 Å². The molecule has 1 N–H and O–H groups in total. The molecule has 3 unspecified atom stereocenters. The normalized spacial score (nSPS) is 29.4. The van der Waals surface area contributed by atoms with Gasteiger partial charge in [-0.05, 0) is 39.5 Å². The van der Waals surface area contributed by atoms with E-state index < -0.39 is 6.04 Å². The van der Waals surface area contributed by atoms with E-state index in [1.165, 1.54) is 6.42 Å². The van der Waals surface area contributed by atoms with Crippen LogP contribution in [0.2, 0.25) is 0 Å². The molecular weight excluding hydrogens is 268 g/mol. The van der Waals surface area contributed by atoms with Crippen LogP contribution in [0.25, 0.3) is 0 Å². The van der Waals surface area contributed by atoms with E-state index in [-0.39, 0.29) is 24.0 Å². The molecule has 2 amide bonds. The molecule has 0 aromatic heterocycles. The number of carbonyl (C=O) groups excluding carboxylic acids is 2. The summed E-state index contributed by atoms with van der Waals surface area (Å²) in [5.74, 6) is 0.335. The largest absolute Gasteiger partial charge is 0.377 e. The predicted molar refractivity (Wildman–Crippen MR) is 80.8 cm³/mol. The molecule has 5 nitrogen and oxygen atoms in total. The van der Waals surface area contributed by atoms with Crippen molar-refractivity contribution >= 4 is 11.8 Å². The van der Waals surface area contributed by atoms with E-state index in [0.29, 0.717) is 19.1 Å². The van der Waals surface area contributed by atoms with Crippen molar-refractivity contribution in [2.45, 2.75) is 71.1 Å². The van der Waals surface area contributed by atoms with Crippen LogP contribution in [0.3, 0.4) is 0 Å². The number of hydrogen-bond donors (Lipinski definition) is 1. The number of amides is 2. The molecule has 120 valence electrons. The van der Waals surface area contributed by atoms with E-state index >= 15 is 0 Å². The second-order valence-corrected chi connectivity index (χ2v) is 6.32. The Morgan fingerprint density at radius 2 is 1.95 bits per heavy atom. The maximum absolute atomic E-state index is 12.8. The van der Waals surface area contributed by atoms with Gasteiger partial charge >= 0.3 is 0 Å². The third-order valence-electron chi connectivity index (χ3n) is 4.72. The summed E-state index contributed by atoms with van der Waals surface area (Å²) in [7, 11) is 0. The summed E-state index contributed by atoms with van der Waals surface area (Å²) in [6.45, 7) is 6.80. The first kappa shape index (κ1) is 16.3. The quantitative estimate of drug-likeness (QED) is 0.840. The molecule has 3 atom stereocenters. The lowest BCUT2D eigenvalue weighted by atomic mass is 9.82. The summed E-state index contributed by atoms with van der Waals surface area (Å²) < 4.78 is 5.53. The molecule has 1 heterocycles. The zero-order chi connectivity index (χ0) is 15.4. The Hall–Kier alpha value is -1.10. The molecule has 0 spiro atoms. The average molecular weight is 296 g/mol. The first-order valence-electron chi connectivity index (χ1n) is 8.27. The standard InChI is InChI=1S/C16H28N2O3/c1-4-21-11(2)10-18-12(3)15(19)17-14(16(18)20)13-8-6-5-7-9-13/h11-14H,4-10H2,1-3H3,(H,17,19). The fraction of sp³-hybridized carbons (Fsp3) is 0.875. The Morgan fingerprint density at radius 1 is 1.29 bits per heavy atom. The van der Waals surface area contributed by atoms with Crippen LogP contribution in [0.5, 0.6) is 0 Å². The lowest BCUT2D eigenvalue weighted by Crippen LogP contribution is -2.65. The van der Waals surface area contributed by atoms with E-state index in [4.69, 9.17) is 4.74 Å². The highest BCUT2D eigenvalue weighted by Gasteiger charge is 2.42. The number of piperazine rings is 1. The fourth-order valence-electron chi connectivity index (χ4n) is 3.50. The SMILES string of the molecule is CCOC(C)CN1C(=O)C(C2CCCCC2)NC(=O)C1C. The highest BCUT2D eigenvalue weighted by molar-refractivity contribution is 5.96. The van der Waals surface area contributed by atoms with Crippen LogP contribution in [0.4, 0.5) is 0 Å². The summed E-state index contributed by atoms with van der Waals surface area (Å²) in [5.41, 5.74) is 0. The molecule has 1 saturated carbocycles. The maximum Gasteiger partial charge on any atom is 0.246 e. The molecule has 2 fully saturated rings. The van der Waals surface area contributed by atoms with Gasteiger partial charge in [-0.3, -0.25) is 9.59 Å². The van der Waals surface area contributed by atoms with Gasteiger partial charge in [0.25, 0.3) is 0 Å². The van der Waals surface area contributed by atoms with Crippen molar-refractivity contribution < 1.29 is 14.3 Å². The van der Waals surface area contributed by atoms with Crippen LogP contribution in [-0.2, 0) is 14.3 Å². The van der Waals surface area contributed by atoms with Crippen molar-refractivity contribution in [3.63, 3.8) is 0 Å². The summed E-state index contributed by atoms with van der Waals surface area (Å²) in [5, 5.41) is 2.95. The van der Waals surface area contributed by atoms with Crippen molar-refractivity contribution in [3.8, 4) is 0 Å². The Bertz CT molecular complexity index is 380. The van der Waals surface area contributed by atoms with E-state index in [0.717, 1.165) is 25.7 Å². The van der Waals surface area contributed by atoms with E-state index in [9.17, 15) is 9.59 Å². The van der Waals surface area contributed by atoms with Gasteiger partial charge in [0.1, 0.15) is 12.1 Å². The monoisotopic (exact) mass is 296 g/mol. The zero-order valence-corrected chi connectivity index (χ0v) is 13.4. The van der Waals surface area contributed by atoms with E-state index in [1.54, 1.807) is 11.8 Å². The number of rotatable bonds is 5. The molecule has 2 rings (SSSR count). The minimum Gasteiger partial charge on any atom is -0.377 e. The Morgan fingerprint density at radius 3 is 2.57 bits per heavy atom. The molecule has 2 aliphatic rings. The summed E-state index contributed by atoms with van der Waals surface area (Å²) in [4.78, 5) is 26.7. The Kier molecular flexibility index (Phi) is 5.62. The van der Waals surface area contributed by atoms with Crippen molar-refractivity contribution in [1.29, 1.82) is 0 Å². The summed E-state index contributed by atoms with van der Waals surface area (Å²) in [6, 6.07) is -0.733. The Labute approximate surface area is 127 Å². The second-order valence-electron chi connectivity index (χ2n) is 6.32. The topological polar surface area (TPSA) is 58.6 Å². The van der Waals surface area contributed by atoms with Gasteiger partial charge in [0, 0.05) is 13.2 Å². The molecule has 21 heavy (non-hydrogen) atoms. The van der Waals surface area contributed by atoms with Crippen LogP contribution < -0.4 is 5.32 Å². The van der Waals surface area contributed by atoms with Crippen molar-refractivity contribution in [2.24, 2.45) is 5.92 Å². The van der Waals surface area contributed by atoms with Gasteiger partial charge in [-0.15, -0.1) is 0 Å². The molecule has 1 saturated heterocycles. The molecule has 1 aliphatic heterocycles. The first-order chi connectivity index (χ1) is 10.0. The summed E-state index contributed by atoms with van der Waals surface area (Å²) in [6.07, 6.45) is 5.61. The first-order valence-corrected chi connectivity index (χ1v) is 8.27. The van der Waals surface area contributed by atoms with Crippen LogP contribution >= 0.6 is 0 Å². The summed E-state index contributed by atoms with van der Waals surface area (Å²) >= 11 is 0. The fourth-order valence-corrected chi connectivity index (χ4v) is 3.50. The van der Waals surface area contributed by atoms with Gasteiger partial charge in [-0.2, -0.15) is 0 Å². The van der Waals surface area contributed by atoms with Gasteiger partial charge in [0.05, 0.1) is 6.10 Å². The molecular formula is C16H28N2O3. The van der Waals surface area contributed by atoms with Crippen LogP contribution in [-0.4, -0.2) is 48.1 Å². The minimum absolute atomic E-state index is 0.0335. The number of hydrogen-bond acceptors (Lipinski definition) is 3. The highest BCUT2D eigenvalue weighted by Crippen LogP contribution is 2.29. The second kappa shape index (κ2) is 7.25. The number of ether oxygens (including phenoxy) is 1. The third-order valence-corrected chi connectivity index (χ3v) is 4.72. The molecule has 0 aromatic carbocycles. The minimum atomic E-state index is -0.403. The smallest absolute Gasteiger partial charge is 0.246 e. The third kappa shape index (κ3) is 3.76. The van der Waals surface area contributed by atoms with Crippen LogP contribution in [0.1, 0.15) is 52.9 Å². The van der Waals surface area contributed by atoms with Gasteiger partial charge < -0.3 is 15.0 Å². The van der Waals surface area contributed by atoms with Gasteiger partial charge in [-0.25, -0.2) is 0 Å². The number of nitrogens with zero attached hydrogens (tertiary/aromatic N) is 1. The Balaban J connectivity index is 2.07. The molecule has 0 radical (unpaired) electrons. The van der Waals surface area contributed by atoms with Crippen molar-refractivity contribution in [1.82, 2.24) is 10.2 Å². The molecule has 1 aliphatic carbocycles. The van der Waals surface area contributed by atoms with Gasteiger partial charge in [0.15, 0.2) is 0 Å². The van der Waals surface area contributed by atoms with E-state index in [2.05, 4.69) is 5.32 Å². The van der Waals surface area contributed by atoms with Crippen molar-refractivity contribution in [2.75, 3.05) is 13.2 Å². The predicted octanol–water partition coefficient (Wildman–Crippen LogP) is 1.71. The zero-order valence-electron chi connectivity index (χ0n) is 13.4. The van der Waals surface area contributed by atoms with Gasteiger partial charge in [-0.1, -0.05) is 19.3 Å². The molecule has 5 heteroatoms. The van der Waals surface area contributed by atoms with E-state index in [1.807, 2.05) is 13.8 Å².